The van der Waals surface area contributed by atoms with Crippen LogP contribution < -0.4 is 5.32 Å². The molecule has 1 aliphatic heterocycles. The minimum absolute atomic E-state index is 0.889. The van der Waals surface area contributed by atoms with E-state index in [-0.39, 0.29) is 0 Å². The van der Waals surface area contributed by atoms with Crippen molar-refractivity contribution < 1.29 is 4.74 Å². The van der Waals surface area contributed by atoms with Crippen molar-refractivity contribution in [2.24, 2.45) is 0 Å². The van der Waals surface area contributed by atoms with Gasteiger partial charge in [-0.2, -0.15) is 0 Å². The highest BCUT2D eigenvalue weighted by molar-refractivity contribution is 5.02. The molecule has 3 nitrogen and oxygen atoms in total. The van der Waals surface area contributed by atoms with Crippen molar-refractivity contribution >= 4 is 0 Å². The van der Waals surface area contributed by atoms with E-state index in [9.17, 15) is 0 Å². The average Bonchev–Trinajstić information content (AvgIpc) is 2.33. The van der Waals surface area contributed by atoms with Gasteiger partial charge in [0.1, 0.15) is 0 Å². The molecule has 0 unspecified atom stereocenters. The number of nitrogens with one attached hydrogen (secondary N) is 1. The smallest absolute Gasteiger partial charge is 0.0591 e. The minimum Gasteiger partial charge on any atom is -0.379 e. The fraction of sp³-hybridized carbons (Fsp3) is 0.545. The van der Waals surface area contributed by atoms with E-state index >= 15 is 0 Å². The molecule has 0 saturated carbocycles. The molecule has 0 radical (unpaired) electrons. The van der Waals surface area contributed by atoms with E-state index < -0.39 is 0 Å². The van der Waals surface area contributed by atoms with Crippen LogP contribution in [0.5, 0.6) is 0 Å². The van der Waals surface area contributed by atoms with Gasteiger partial charge >= 0.3 is 0 Å². The molecule has 2 heterocycles. The summed E-state index contributed by atoms with van der Waals surface area (Å²) in [6.07, 6.45) is 2.85. The lowest BCUT2D eigenvalue weighted by Gasteiger charge is -2.10. The number of hydrogen-bond acceptors (Lipinski definition) is 3. The first kappa shape index (κ1) is 11.1. The Morgan fingerprint density at radius 3 is 2.43 bits per heavy atom. The van der Waals surface area contributed by atoms with Crippen LogP contribution in [0.3, 0.4) is 0 Å². The molecular formula is C11H18N2O. The third-order valence-corrected chi connectivity index (χ3v) is 1.93. The highest BCUT2D eigenvalue weighted by Gasteiger charge is 1.92. The molecule has 0 atom stereocenters. The van der Waals surface area contributed by atoms with Crippen LogP contribution in [0.4, 0.5) is 0 Å². The van der Waals surface area contributed by atoms with E-state index in [0.29, 0.717) is 0 Å². The Balaban J connectivity index is 0.000000146. The zero-order chi connectivity index (χ0) is 10.1. The molecule has 78 valence electrons. The van der Waals surface area contributed by atoms with Crippen LogP contribution in [0.1, 0.15) is 12.6 Å². The molecule has 1 N–H and O–H groups in total. The monoisotopic (exact) mass is 194 g/mol. The van der Waals surface area contributed by atoms with Gasteiger partial charge in [-0.15, -0.1) is 0 Å². The van der Waals surface area contributed by atoms with Crippen LogP contribution in [-0.2, 0) is 11.2 Å². The first-order valence-electron chi connectivity index (χ1n) is 5.12. The Kier molecular flexibility index (Phi) is 5.95. The molecule has 0 amide bonds. The van der Waals surface area contributed by atoms with Crippen molar-refractivity contribution in [3.8, 4) is 0 Å². The van der Waals surface area contributed by atoms with Crippen LogP contribution in [0.2, 0.25) is 0 Å². The quantitative estimate of drug-likeness (QED) is 0.730. The molecule has 0 aliphatic carbocycles. The van der Waals surface area contributed by atoms with Gasteiger partial charge in [-0.1, -0.05) is 13.0 Å². The minimum atomic E-state index is 0.889. The lowest BCUT2D eigenvalue weighted by molar-refractivity contribution is 0.109. The topological polar surface area (TPSA) is 34.1 Å². The molecule has 1 aliphatic rings. The Bertz CT molecular complexity index is 210. The maximum atomic E-state index is 5.01. The molecule has 1 aromatic heterocycles. The van der Waals surface area contributed by atoms with Gasteiger partial charge in [0.2, 0.25) is 0 Å². The Labute approximate surface area is 85.5 Å². The highest BCUT2D eigenvalue weighted by atomic mass is 16.5. The lowest BCUT2D eigenvalue weighted by atomic mass is 10.3. The Morgan fingerprint density at radius 1 is 1.36 bits per heavy atom. The molecule has 14 heavy (non-hydrogen) atoms. The summed E-state index contributed by atoms with van der Waals surface area (Å²) in [5.74, 6) is 0. The zero-order valence-corrected chi connectivity index (χ0v) is 8.70. The maximum absolute atomic E-state index is 5.01. The lowest BCUT2D eigenvalue weighted by Crippen LogP contribution is -2.30. The summed E-state index contributed by atoms with van der Waals surface area (Å²) in [5, 5.41) is 3.16. The SMILES string of the molecule is C1COCCN1.CCc1ccccn1. The standard InChI is InChI=1S/C7H9N.C4H9NO/c1-2-7-5-3-4-6-8-7;1-3-6-4-2-5-1/h3-6H,2H2,1H3;5H,1-4H2. The number of hydrogen-bond donors (Lipinski definition) is 1. The van der Waals surface area contributed by atoms with Gasteiger partial charge in [-0.25, -0.2) is 0 Å². The normalized spacial score (nSPS) is 15.5. The third-order valence-electron chi connectivity index (χ3n) is 1.93. The van der Waals surface area contributed by atoms with Crippen LogP contribution in [0.25, 0.3) is 0 Å². The van der Waals surface area contributed by atoms with E-state index in [4.69, 9.17) is 4.74 Å². The van der Waals surface area contributed by atoms with Crippen molar-refractivity contribution in [1.82, 2.24) is 10.3 Å². The number of pyridine rings is 1. The number of rotatable bonds is 1. The second kappa shape index (κ2) is 7.47. The van der Waals surface area contributed by atoms with E-state index in [2.05, 4.69) is 17.2 Å². The third kappa shape index (κ3) is 4.94. The average molecular weight is 194 g/mol. The number of aryl methyl sites for hydroxylation is 1. The van der Waals surface area contributed by atoms with Crippen molar-refractivity contribution in [2.75, 3.05) is 26.3 Å². The van der Waals surface area contributed by atoms with Gasteiger partial charge in [0.15, 0.2) is 0 Å². The fourth-order valence-electron chi connectivity index (χ4n) is 1.12. The summed E-state index contributed by atoms with van der Waals surface area (Å²) in [7, 11) is 0. The summed E-state index contributed by atoms with van der Waals surface area (Å²) in [4.78, 5) is 4.10. The first-order chi connectivity index (χ1) is 6.93. The summed E-state index contributed by atoms with van der Waals surface area (Å²) in [6, 6.07) is 5.96. The van der Waals surface area contributed by atoms with Gasteiger partial charge in [-0.3, -0.25) is 4.98 Å². The second-order valence-corrected chi connectivity index (χ2v) is 3.04. The van der Waals surface area contributed by atoms with Gasteiger partial charge in [0.25, 0.3) is 0 Å². The molecule has 0 aromatic carbocycles. The number of morpholine rings is 1. The van der Waals surface area contributed by atoms with Crippen LogP contribution in [0.15, 0.2) is 24.4 Å². The number of ether oxygens (including phenoxy) is 1. The predicted molar refractivity (Wildman–Crippen MR) is 57.3 cm³/mol. The summed E-state index contributed by atoms with van der Waals surface area (Å²) in [5.41, 5.74) is 1.16. The van der Waals surface area contributed by atoms with Gasteiger partial charge in [0.05, 0.1) is 13.2 Å². The number of nitrogens with zero attached hydrogens (tertiary/aromatic N) is 1. The highest BCUT2D eigenvalue weighted by Crippen LogP contribution is 1.91. The van der Waals surface area contributed by atoms with E-state index in [0.717, 1.165) is 38.4 Å². The van der Waals surface area contributed by atoms with Gasteiger partial charge < -0.3 is 10.1 Å². The van der Waals surface area contributed by atoms with E-state index in [1.807, 2.05) is 24.4 Å². The van der Waals surface area contributed by atoms with Crippen LogP contribution in [0, 0.1) is 0 Å². The maximum Gasteiger partial charge on any atom is 0.0591 e. The zero-order valence-electron chi connectivity index (χ0n) is 8.70. The molecule has 1 saturated heterocycles. The number of aromatic nitrogens is 1. The first-order valence-corrected chi connectivity index (χ1v) is 5.12. The largest absolute Gasteiger partial charge is 0.379 e. The second-order valence-electron chi connectivity index (χ2n) is 3.04. The van der Waals surface area contributed by atoms with Crippen LogP contribution in [-0.4, -0.2) is 31.3 Å². The van der Waals surface area contributed by atoms with Crippen molar-refractivity contribution in [2.45, 2.75) is 13.3 Å². The van der Waals surface area contributed by atoms with Crippen molar-refractivity contribution in [1.29, 1.82) is 0 Å². The summed E-state index contributed by atoms with van der Waals surface area (Å²) < 4.78 is 5.01. The molecule has 0 spiro atoms. The van der Waals surface area contributed by atoms with Crippen LogP contribution >= 0.6 is 0 Å². The van der Waals surface area contributed by atoms with Gasteiger partial charge in [-0.05, 0) is 18.6 Å². The van der Waals surface area contributed by atoms with Crippen molar-refractivity contribution in [3.05, 3.63) is 30.1 Å². The molecular weight excluding hydrogens is 176 g/mol. The predicted octanol–water partition coefficient (Wildman–Crippen LogP) is 1.25. The Hall–Kier alpha value is -0.930. The molecule has 1 fully saturated rings. The van der Waals surface area contributed by atoms with Gasteiger partial charge in [0, 0.05) is 25.0 Å². The fourth-order valence-corrected chi connectivity index (χ4v) is 1.12. The summed E-state index contributed by atoms with van der Waals surface area (Å²) >= 11 is 0. The van der Waals surface area contributed by atoms with E-state index in [1.54, 1.807) is 0 Å². The molecule has 0 bridgehead atoms. The molecule has 2 rings (SSSR count). The Morgan fingerprint density at radius 2 is 2.14 bits per heavy atom. The summed E-state index contributed by atoms with van der Waals surface area (Å²) in [6.45, 7) is 5.93. The molecule has 3 heteroatoms. The van der Waals surface area contributed by atoms with E-state index in [1.165, 1.54) is 0 Å². The van der Waals surface area contributed by atoms with Crippen molar-refractivity contribution in [3.63, 3.8) is 0 Å². The molecule has 1 aromatic rings.